The van der Waals surface area contributed by atoms with Crippen LogP contribution < -0.4 is 10.5 Å². The smallest absolute Gasteiger partial charge is 0.263 e. The predicted molar refractivity (Wildman–Crippen MR) is 121 cm³/mol. The summed E-state index contributed by atoms with van der Waals surface area (Å²) in [6.07, 6.45) is 3.03. The van der Waals surface area contributed by atoms with Gasteiger partial charge in [0.1, 0.15) is 14.7 Å². The first-order valence-corrected chi connectivity index (χ1v) is 12.6. The van der Waals surface area contributed by atoms with Crippen LogP contribution in [0, 0.1) is 6.92 Å². The van der Waals surface area contributed by atoms with Crippen molar-refractivity contribution in [3.8, 4) is 0 Å². The number of aromatic nitrogens is 3. The fourth-order valence-electron chi connectivity index (χ4n) is 3.59. The van der Waals surface area contributed by atoms with Crippen LogP contribution in [0.5, 0.6) is 0 Å². The highest BCUT2D eigenvalue weighted by molar-refractivity contribution is 7.93. The molecule has 0 saturated carbocycles. The summed E-state index contributed by atoms with van der Waals surface area (Å²) >= 11 is 2.42. The SMILES string of the molecule is Cc1nnc(NS(=O)(=O)c2ccc(C(=O)c3sc4nc5c(cc4c3N)CCC5)cc2)s1. The Labute approximate surface area is 186 Å². The summed E-state index contributed by atoms with van der Waals surface area (Å²) in [5, 5.41) is 9.22. The van der Waals surface area contributed by atoms with Crippen LogP contribution in [0.2, 0.25) is 0 Å². The van der Waals surface area contributed by atoms with E-state index >= 15 is 0 Å². The number of anilines is 2. The van der Waals surface area contributed by atoms with Gasteiger partial charge in [-0.1, -0.05) is 11.3 Å². The van der Waals surface area contributed by atoms with Gasteiger partial charge in [-0.3, -0.25) is 9.52 Å². The van der Waals surface area contributed by atoms with E-state index < -0.39 is 10.0 Å². The highest BCUT2D eigenvalue weighted by Crippen LogP contribution is 2.37. The van der Waals surface area contributed by atoms with Crippen LogP contribution in [-0.2, 0) is 22.9 Å². The van der Waals surface area contributed by atoms with Crippen molar-refractivity contribution in [3.05, 3.63) is 57.0 Å². The van der Waals surface area contributed by atoms with Gasteiger partial charge in [0.15, 0.2) is 0 Å². The summed E-state index contributed by atoms with van der Waals surface area (Å²) in [6.45, 7) is 1.73. The number of sulfonamides is 1. The number of hydrogen-bond acceptors (Lipinski definition) is 9. The molecule has 0 fully saturated rings. The highest BCUT2D eigenvalue weighted by Gasteiger charge is 2.23. The van der Waals surface area contributed by atoms with Crippen molar-refractivity contribution in [3.63, 3.8) is 0 Å². The molecule has 0 aliphatic heterocycles. The molecule has 1 aliphatic rings. The molecular weight excluding hydrogens is 454 g/mol. The Morgan fingerprint density at radius 2 is 1.90 bits per heavy atom. The van der Waals surface area contributed by atoms with Gasteiger partial charge in [0.05, 0.1) is 10.6 Å². The molecule has 0 amide bonds. The number of rotatable bonds is 5. The first-order valence-electron chi connectivity index (χ1n) is 9.50. The van der Waals surface area contributed by atoms with E-state index in [2.05, 4.69) is 19.9 Å². The number of benzene rings is 1. The van der Waals surface area contributed by atoms with Crippen molar-refractivity contribution in [1.29, 1.82) is 0 Å². The number of nitrogens with zero attached hydrogens (tertiary/aromatic N) is 3. The van der Waals surface area contributed by atoms with Gasteiger partial charge in [-0.2, -0.15) is 0 Å². The van der Waals surface area contributed by atoms with E-state index in [-0.39, 0.29) is 15.8 Å². The second kappa shape index (κ2) is 7.36. The molecule has 0 radical (unpaired) electrons. The molecule has 3 heterocycles. The number of nitrogens with one attached hydrogen (secondary N) is 1. The Bertz CT molecular complexity index is 1440. The Hall–Kier alpha value is -2.89. The lowest BCUT2D eigenvalue weighted by atomic mass is 10.1. The largest absolute Gasteiger partial charge is 0.397 e. The number of carbonyl (C=O) groups is 1. The number of aryl methyl sites for hydroxylation is 3. The molecule has 1 aliphatic carbocycles. The maximum absolute atomic E-state index is 13.1. The molecule has 0 saturated heterocycles. The maximum Gasteiger partial charge on any atom is 0.263 e. The summed E-state index contributed by atoms with van der Waals surface area (Å²) in [5.74, 6) is -0.252. The van der Waals surface area contributed by atoms with Crippen LogP contribution in [-0.4, -0.2) is 29.4 Å². The van der Waals surface area contributed by atoms with Crippen molar-refractivity contribution in [2.75, 3.05) is 10.5 Å². The lowest BCUT2D eigenvalue weighted by Gasteiger charge is -2.06. The lowest BCUT2D eigenvalue weighted by Crippen LogP contribution is -2.13. The Morgan fingerprint density at radius 3 is 2.61 bits per heavy atom. The number of carbonyl (C=O) groups excluding carboxylic acids is 1. The van der Waals surface area contributed by atoms with Crippen LogP contribution in [0.15, 0.2) is 35.2 Å². The number of fused-ring (bicyclic) bond motifs is 2. The van der Waals surface area contributed by atoms with E-state index in [0.717, 1.165) is 46.5 Å². The zero-order valence-electron chi connectivity index (χ0n) is 16.4. The number of nitrogens with two attached hydrogens (primary N) is 1. The Balaban J connectivity index is 1.43. The molecule has 5 rings (SSSR count). The van der Waals surface area contributed by atoms with Crippen LogP contribution in [0.3, 0.4) is 0 Å². The van der Waals surface area contributed by atoms with Crippen LogP contribution >= 0.6 is 22.7 Å². The summed E-state index contributed by atoms with van der Waals surface area (Å²) < 4.78 is 27.5. The van der Waals surface area contributed by atoms with E-state index in [4.69, 9.17) is 5.73 Å². The van der Waals surface area contributed by atoms with E-state index in [1.807, 2.05) is 6.07 Å². The second-order valence-corrected chi connectivity index (χ2v) is 11.1. The fourth-order valence-corrected chi connectivity index (χ4v) is 6.48. The zero-order chi connectivity index (χ0) is 21.8. The van der Waals surface area contributed by atoms with Crippen molar-refractivity contribution in [1.82, 2.24) is 15.2 Å². The van der Waals surface area contributed by atoms with E-state index in [0.29, 0.717) is 21.1 Å². The van der Waals surface area contributed by atoms with Gasteiger partial charge in [-0.15, -0.1) is 21.5 Å². The summed E-state index contributed by atoms with van der Waals surface area (Å²) in [4.78, 5) is 19.0. The molecule has 31 heavy (non-hydrogen) atoms. The van der Waals surface area contributed by atoms with Gasteiger partial charge in [-0.25, -0.2) is 13.4 Å². The van der Waals surface area contributed by atoms with Gasteiger partial charge in [0.25, 0.3) is 10.0 Å². The van der Waals surface area contributed by atoms with E-state index in [1.54, 1.807) is 6.92 Å². The van der Waals surface area contributed by atoms with Gasteiger partial charge in [-0.05, 0) is 62.1 Å². The van der Waals surface area contributed by atoms with Crippen molar-refractivity contribution in [2.45, 2.75) is 31.1 Å². The van der Waals surface area contributed by atoms with Crippen molar-refractivity contribution < 1.29 is 13.2 Å². The van der Waals surface area contributed by atoms with E-state index in [9.17, 15) is 13.2 Å². The first-order chi connectivity index (χ1) is 14.8. The molecule has 4 aromatic rings. The zero-order valence-corrected chi connectivity index (χ0v) is 18.8. The average molecular weight is 472 g/mol. The number of thiophene rings is 1. The standard InChI is InChI=1S/C20H17N5O3S3/c1-10-23-24-20(29-10)25-31(27,28)13-7-5-11(6-8-13)17(26)18-16(21)14-9-12-3-2-4-15(12)22-19(14)30-18/h5-9H,2-4,21H2,1H3,(H,24,25). The minimum Gasteiger partial charge on any atom is -0.397 e. The number of nitrogen functional groups attached to an aromatic ring is 1. The van der Waals surface area contributed by atoms with Gasteiger partial charge >= 0.3 is 0 Å². The van der Waals surface area contributed by atoms with Gasteiger partial charge in [0, 0.05) is 16.6 Å². The molecule has 0 unspecified atom stereocenters. The molecule has 0 spiro atoms. The molecule has 0 atom stereocenters. The lowest BCUT2D eigenvalue weighted by molar-refractivity contribution is 0.104. The molecular formula is C20H17N5O3S3. The topological polar surface area (TPSA) is 128 Å². The third kappa shape index (κ3) is 3.58. The van der Waals surface area contributed by atoms with Gasteiger partial charge in [0.2, 0.25) is 10.9 Å². The number of pyridine rings is 1. The molecule has 1 aromatic carbocycles. The van der Waals surface area contributed by atoms with Crippen molar-refractivity contribution >= 4 is 59.5 Å². The first kappa shape index (κ1) is 20.0. The maximum atomic E-state index is 13.1. The monoisotopic (exact) mass is 471 g/mol. The molecule has 3 N–H and O–H groups in total. The fraction of sp³-hybridized carbons (Fsp3) is 0.200. The quantitative estimate of drug-likeness (QED) is 0.426. The summed E-state index contributed by atoms with van der Waals surface area (Å²) in [7, 11) is -3.83. The number of ketones is 1. The molecule has 158 valence electrons. The molecule has 3 aromatic heterocycles. The second-order valence-electron chi connectivity index (χ2n) is 7.23. The van der Waals surface area contributed by atoms with E-state index in [1.165, 1.54) is 41.2 Å². The third-order valence-corrected chi connectivity index (χ3v) is 8.48. The predicted octanol–water partition coefficient (Wildman–Crippen LogP) is 3.56. The Kier molecular flexibility index (Phi) is 4.76. The minimum atomic E-state index is -3.83. The molecule has 11 heteroatoms. The number of hydrogen-bond donors (Lipinski definition) is 2. The van der Waals surface area contributed by atoms with Gasteiger partial charge < -0.3 is 5.73 Å². The van der Waals surface area contributed by atoms with Crippen LogP contribution in [0.25, 0.3) is 10.2 Å². The molecule has 0 bridgehead atoms. The summed E-state index contributed by atoms with van der Waals surface area (Å²) in [5.41, 5.74) is 9.36. The van der Waals surface area contributed by atoms with Crippen LogP contribution in [0.1, 0.15) is 37.9 Å². The normalized spacial score (nSPS) is 13.5. The van der Waals surface area contributed by atoms with Crippen molar-refractivity contribution in [2.24, 2.45) is 0 Å². The minimum absolute atomic E-state index is 0.0271. The highest BCUT2D eigenvalue weighted by atomic mass is 32.2. The third-order valence-electron chi connectivity index (χ3n) is 5.13. The Morgan fingerprint density at radius 1 is 1.13 bits per heavy atom. The average Bonchev–Trinajstić information content (AvgIpc) is 3.45. The van der Waals surface area contributed by atoms with Crippen LogP contribution in [0.4, 0.5) is 10.8 Å². The summed E-state index contributed by atoms with van der Waals surface area (Å²) in [6, 6.07) is 7.79. The molecule has 8 nitrogen and oxygen atoms in total.